The topological polar surface area (TPSA) is 32.3 Å². The van der Waals surface area contributed by atoms with Crippen molar-refractivity contribution in [2.45, 2.75) is 70.3 Å². The first-order valence-electron chi connectivity index (χ1n) is 10.3. The minimum absolute atomic E-state index is 0.418. The van der Waals surface area contributed by atoms with Gasteiger partial charge in [0.2, 0.25) is 0 Å². The van der Waals surface area contributed by atoms with E-state index < -0.39 is 0 Å². The molecule has 4 heteroatoms. The van der Waals surface area contributed by atoms with Crippen molar-refractivity contribution in [3.63, 3.8) is 0 Å². The van der Waals surface area contributed by atoms with E-state index in [-0.39, 0.29) is 0 Å². The molecule has 3 heterocycles. The van der Waals surface area contributed by atoms with Crippen LogP contribution in [0.1, 0.15) is 75.6 Å². The molecule has 0 radical (unpaired) electrons. The van der Waals surface area contributed by atoms with Crippen LogP contribution in [0.3, 0.4) is 0 Å². The molecule has 1 saturated carbocycles. The zero-order valence-corrected chi connectivity index (χ0v) is 16.2. The van der Waals surface area contributed by atoms with E-state index in [9.17, 15) is 0 Å². The third-order valence-electron chi connectivity index (χ3n) is 6.95. The Hall–Kier alpha value is -1.00. The molecule has 0 unspecified atom stereocenters. The molecule has 0 amide bonds. The van der Waals surface area contributed by atoms with Crippen LogP contribution in [0.25, 0.3) is 0 Å². The summed E-state index contributed by atoms with van der Waals surface area (Å²) in [5.74, 6) is 2.05. The maximum atomic E-state index is 4.57. The number of likely N-dealkylation sites (tertiary alicyclic amines) is 2. The molecule has 1 aliphatic carbocycles. The van der Waals surface area contributed by atoms with Crippen LogP contribution in [0.15, 0.2) is 12.4 Å². The number of nitrogens with zero attached hydrogens (tertiary/aromatic N) is 4. The van der Waals surface area contributed by atoms with E-state index >= 15 is 0 Å². The fourth-order valence-corrected chi connectivity index (χ4v) is 5.45. The Morgan fingerprint density at radius 2 is 1.60 bits per heavy atom. The Morgan fingerprint density at radius 1 is 1.00 bits per heavy atom. The molecule has 3 fully saturated rings. The highest BCUT2D eigenvalue weighted by atomic mass is 15.2. The summed E-state index contributed by atoms with van der Waals surface area (Å²) < 4.78 is 0. The van der Waals surface area contributed by atoms with Gasteiger partial charge in [-0.15, -0.1) is 0 Å². The molecule has 2 saturated heterocycles. The summed E-state index contributed by atoms with van der Waals surface area (Å²) in [6.45, 7) is 9.51. The van der Waals surface area contributed by atoms with Gasteiger partial charge in [0.1, 0.15) is 5.82 Å². The zero-order chi connectivity index (χ0) is 17.4. The van der Waals surface area contributed by atoms with E-state index in [4.69, 9.17) is 0 Å². The van der Waals surface area contributed by atoms with Crippen molar-refractivity contribution >= 4 is 0 Å². The predicted molar refractivity (Wildman–Crippen MR) is 102 cm³/mol. The van der Waals surface area contributed by atoms with Crippen LogP contribution < -0.4 is 0 Å². The Morgan fingerprint density at radius 3 is 2.12 bits per heavy atom. The first-order chi connectivity index (χ1) is 12.0. The lowest BCUT2D eigenvalue weighted by atomic mass is 9.67. The number of hydrogen-bond acceptors (Lipinski definition) is 4. The molecule has 0 atom stereocenters. The van der Waals surface area contributed by atoms with Gasteiger partial charge < -0.3 is 9.80 Å². The number of piperidine rings is 1. The van der Waals surface area contributed by atoms with Gasteiger partial charge in [-0.25, -0.2) is 9.97 Å². The van der Waals surface area contributed by atoms with Crippen molar-refractivity contribution in [2.75, 3.05) is 33.2 Å². The predicted octanol–water partition coefficient (Wildman–Crippen LogP) is 3.65. The summed E-state index contributed by atoms with van der Waals surface area (Å²) >= 11 is 0. The molecule has 4 rings (SSSR count). The van der Waals surface area contributed by atoms with Gasteiger partial charge in [-0.2, -0.15) is 0 Å². The standard InChI is InChI=1S/C21H34N4/c1-16(2)20-22-12-18(13-23-20)17-6-10-25(11-7-17)19-4-8-21(9-5-19)14-24(3)15-21/h12-13,16-17,19H,4-11,14-15H2,1-3H3. The smallest absolute Gasteiger partial charge is 0.130 e. The molecular formula is C21H34N4. The Kier molecular flexibility index (Phi) is 4.85. The molecule has 0 aromatic carbocycles. The zero-order valence-electron chi connectivity index (χ0n) is 16.2. The second-order valence-corrected chi connectivity index (χ2v) is 9.24. The highest BCUT2D eigenvalue weighted by Crippen LogP contribution is 2.44. The number of hydrogen-bond donors (Lipinski definition) is 0. The van der Waals surface area contributed by atoms with Crippen molar-refractivity contribution in [1.82, 2.24) is 19.8 Å². The van der Waals surface area contributed by atoms with Gasteiger partial charge in [0.15, 0.2) is 0 Å². The lowest BCUT2D eigenvalue weighted by Crippen LogP contribution is -2.57. The van der Waals surface area contributed by atoms with Crippen molar-refractivity contribution in [2.24, 2.45) is 5.41 Å². The fourth-order valence-electron chi connectivity index (χ4n) is 5.45. The highest BCUT2D eigenvalue weighted by molar-refractivity contribution is 5.14. The molecule has 1 spiro atoms. The average Bonchev–Trinajstić information content (AvgIpc) is 2.61. The SMILES string of the molecule is CC(C)c1ncc(C2CCN(C3CCC4(CC3)CN(C)C4)CC2)cn1. The molecular weight excluding hydrogens is 308 g/mol. The largest absolute Gasteiger partial charge is 0.305 e. The average molecular weight is 343 g/mol. The van der Waals surface area contributed by atoms with E-state index in [2.05, 4.69) is 53.1 Å². The molecule has 138 valence electrons. The van der Waals surface area contributed by atoms with Crippen LogP contribution >= 0.6 is 0 Å². The molecule has 2 aliphatic heterocycles. The van der Waals surface area contributed by atoms with Crippen molar-refractivity contribution < 1.29 is 0 Å². The Labute approximate surface area is 153 Å². The van der Waals surface area contributed by atoms with Gasteiger partial charge in [-0.1, -0.05) is 13.8 Å². The molecule has 0 N–H and O–H groups in total. The van der Waals surface area contributed by atoms with Crippen LogP contribution in [0.2, 0.25) is 0 Å². The summed E-state index contributed by atoms with van der Waals surface area (Å²) in [6, 6.07) is 0.844. The van der Waals surface area contributed by atoms with Gasteiger partial charge in [-0.05, 0) is 75.6 Å². The maximum absolute atomic E-state index is 4.57. The maximum Gasteiger partial charge on any atom is 0.130 e. The van der Waals surface area contributed by atoms with Gasteiger partial charge in [0.25, 0.3) is 0 Å². The van der Waals surface area contributed by atoms with E-state index in [1.165, 1.54) is 70.3 Å². The van der Waals surface area contributed by atoms with Crippen LogP contribution in [-0.2, 0) is 0 Å². The van der Waals surface area contributed by atoms with E-state index in [0.29, 0.717) is 17.3 Å². The molecule has 1 aromatic rings. The van der Waals surface area contributed by atoms with E-state index in [1.54, 1.807) is 0 Å². The third-order valence-corrected chi connectivity index (χ3v) is 6.95. The monoisotopic (exact) mass is 342 g/mol. The van der Waals surface area contributed by atoms with Gasteiger partial charge in [0, 0.05) is 37.4 Å². The molecule has 3 aliphatic rings. The molecule has 4 nitrogen and oxygen atoms in total. The Balaban J connectivity index is 1.27. The first kappa shape index (κ1) is 17.4. The normalized spacial score (nSPS) is 26.2. The highest BCUT2D eigenvalue weighted by Gasteiger charge is 2.44. The summed E-state index contributed by atoms with van der Waals surface area (Å²) in [6.07, 6.45) is 12.5. The molecule has 25 heavy (non-hydrogen) atoms. The minimum Gasteiger partial charge on any atom is -0.305 e. The van der Waals surface area contributed by atoms with Crippen molar-refractivity contribution in [3.8, 4) is 0 Å². The fraction of sp³-hybridized carbons (Fsp3) is 0.810. The van der Waals surface area contributed by atoms with Gasteiger partial charge in [-0.3, -0.25) is 0 Å². The summed E-state index contributed by atoms with van der Waals surface area (Å²) in [4.78, 5) is 14.4. The van der Waals surface area contributed by atoms with Gasteiger partial charge in [0.05, 0.1) is 0 Å². The summed E-state index contributed by atoms with van der Waals surface area (Å²) in [5.41, 5.74) is 2.04. The number of rotatable bonds is 3. The quantitative estimate of drug-likeness (QED) is 0.839. The van der Waals surface area contributed by atoms with Gasteiger partial charge >= 0.3 is 0 Å². The van der Waals surface area contributed by atoms with E-state index in [1.807, 2.05) is 0 Å². The van der Waals surface area contributed by atoms with Crippen molar-refractivity contribution in [3.05, 3.63) is 23.8 Å². The molecule has 1 aromatic heterocycles. The summed E-state index contributed by atoms with van der Waals surface area (Å²) in [5, 5.41) is 0. The lowest BCUT2D eigenvalue weighted by Gasteiger charge is -2.53. The third kappa shape index (κ3) is 3.61. The molecule has 0 bridgehead atoms. The first-order valence-corrected chi connectivity index (χ1v) is 10.3. The minimum atomic E-state index is 0.418. The summed E-state index contributed by atoms with van der Waals surface area (Å²) in [7, 11) is 2.26. The van der Waals surface area contributed by atoms with Crippen LogP contribution in [0, 0.1) is 5.41 Å². The van der Waals surface area contributed by atoms with E-state index in [0.717, 1.165) is 11.9 Å². The van der Waals surface area contributed by atoms with Crippen molar-refractivity contribution in [1.29, 1.82) is 0 Å². The number of aromatic nitrogens is 2. The van der Waals surface area contributed by atoms with Crippen LogP contribution in [-0.4, -0.2) is 59.0 Å². The lowest BCUT2D eigenvalue weighted by molar-refractivity contribution is -0.0330. The second-order valence-electron chi connectivity index (χ2n) is 9.24. The Bertz CT molecular complexity index is 558. The van der Waals surface area contributed by atoms with Crippen LogP contribution in [0.5, 0.6) is 0 Å². The van der Waals surface area contributed by atoms with Crippen LogP contribution in [0.4, 0.5) is 0 Å². The second kappa shape index (κ2) is 6.96.